The van der Waals surface area contributed by atoms with Crippen molar-refractivity contribution in [3.8, 4) is 0 Å². The molecule has 0 atom stereocenters. The molecule has 0 radical (unpaired) electrons. The highest BCUT2D eigenvalue weighted by Gasteiger charge is 2.05. The van der Waals surface area contributed by atoms with Crippen molar-refractivity contribution in [3.63, 3.8) is 0 Å². The Hall–Kier alpha value is -1.11. The van der Waals surface area contributed by atoms with E-state index in [0.29, 0.717) is 11.6 Å². The number of anilines is 3. The Morgan fingerprint density at radius 3 is 2.18 bits per heavy atom. The van der Waals surface area contributed by atoms with E-state index in [2.05, 4.69) is 47.6 Å². The van der Waals surface area contributed by atoms with Crippen LogP contribution in [0.4, 0.5) is 17.3 Å². The fourth-order valence-electron chi connectivity index (χ4n) is 1.33. The molecule has 1 heterocycles. The maximum absolute atomic E-state index is 5.31. The minimum absolute atomic E-state index is 0.609. The maximum Gasteiger partial charge on any atom is 0.142 e. The van der Waals surface area contributed by atoms with Crippen molar-refractivity contribution in [1.29, 1.82) is 0 Å². The fourth-order valence-corrected chi connectivity index (χ4v) is 2.53. The molecule has 4 nitrogen and oxygen atoms in total. The average Bonchev–Trinajstić information content (AvgIpc) is 2.34. The van der Waals surface area contributed by atoms with E-state index in [0.717, 1.165) is 14.6 Å². The lowest BCUT2D eigenvalue weighted by atomic mass is 10.3. The summed E-state index contributed by atoms with van der Waals surface area (Å²) in [6.07, 6.45) is 0. The zero-order valence-corrected chi connectivity index (χ0v) is 11.9. The number of rotatable bonds is 3. The van der Waals surface area contributed by atoms with Crippen LogP contribution in [-0.2, 0) is 0 Å². The molecule has 0 spiro atoms. The highest BCUT2D eigenvalue weighted by Crippen LogP contribution is 2.32. The van der Waals surface area contributed by atoms with Crippen LogP contribution in [0.3, 0.4) is 0 Å². The zero-order chi connectivity index (χ0) is 12.3. The van der Waals surface area contributed by atoms with Gasteiger partial charge in [0.25, 0.3) is 0 Å². The Balaban J connectivity index is 2.31. The summed E-state index contributed by atoms with van der Waals surface area (Å²) in [6, 6.07) is 11.4. The molecular weight excluding hydrogens is 348 g/mol. The lowest BCUT2D eigenvalue weighted by molar-refractivity contribution is 1.22. The highest BCUT2D eigenvalue weighted by atomic mass is 79.9. The normalized spacial score (nSPS) is 10.1. The number of hydrogen-bond acceptors (Lipinski definition) is 4. The van der Waals surface area contributed by atoms with E-state index in [-0.39, 0.29) is 0 Å². The van der Waals surface area contributed by atoms with Crippen molar-refractivity contribution in [1.82, 2.24) is 4.98 Å². The predicted molar refractivity (Wildman–Crippen MR) is 77.2 cm³/mol. The molecule has 0 aliphatic carbocycles. The van der Waals surface area contributed by atoms with Gasteiger partial charge in [0, 0.05) is 8.95 Å². The molecule has 0 bridgehead atoms. The van der Waals surface area contributed by atoms with E-state index in [9.17, 15) is 0 Å². The Morgan fingerprint density at radius 1 is 0.941 bits per heavy atom. The first-order valence-corrected chi connectivity index (χ1v) is 6.44. The van der Waals surface area contributed by atoms with Gasteiger partial charge in [-0.1, -0.05) is 12.1 Å². The minimum Gasteiger partial charge on any atom is -0.338 e. The van der Waals surface area contributed by atoms with Gasteiger partial charge in [-0.25, -0.2) is 10.8 Å². The molecule has 2 rings (SSSR count). The Bertz CT molecular complexity index is 510. The second-order valence-corrected chi connectivity index (χ2v) is 4.98. The van der Waals surface area contributed by atoms with Gasteiger partial charge in [0.15, 0.2) is 0 Å². The zero-order valence-electron chi connectivity index (χ0n) is 8.74. The number of nitrogens with zero attached hydrogens (tertiary/aromatic N) is 1. The summed E-state index contributed by atoms with van der Waals surface area (Å²) in [5.74, 6) is 6.64. The fraction of sp³-hybridized carbons (Fsp3) is 0. The Morgan fingerprint density at radius 2 is 1.53 bits per heavy atom. The van der Waals surface area contributed by atoms with Crippen LogP contribution in [0.2, 0.25) is 0 Å². The Kier molecular flexibility index (Phi) is 3.98. The molecule has 0 aliphatic rings. The van der Waals surface area contributed by atoms with E-state index in [1.54, 1.807) is 6.07 Å². The first-order chi connectivity index (χ1) is 8.20. The molecule has 1 aromatic heterocycles. The van der Waals surface area contributed by atoms with Crippen molar-refractivity contribution in [2.75, 3.05) is 10.7 Å². The summed E-state index contributed by atoms with van der Waals surface area (Å²) < 4.78 is 1.92. The highest BCUT2D eigenvalue weighted by molar-refractivity contribution is 9.11. The van der Waals surface area contributed by atoms with Crippen LogP contribution in [0.1, 0.15) is 0 Å². The summed E-state index contributed by atoms with van der Waals surface area (Å²) >= 11 is 6.96. The summed E-state index contributed by atoms with van der Waals surface area (Å²) in [5.41, 5.74) is 3.43. The molecule has 6 heteroatoms. The van der Waals surface area contributed by atoms with Crippen molar-refractivity contribution in [2.24, 2.45) is 5.84 Å². The molecule has 4 N–H and O–H groups in total. The first-order valence-electron chi connectivity index (χ1n) is 4.85. The topological polar surface area (TPSA) is 63.0 Å². The number of para-hydroxylation sites is 1. The molecule has 1 aromatic carbocycles. The molecule has 0 aliphatic heterocycles. The van der Waals surface area contributed by atoms with Gasteiger partial charge in [-0.05, 0) is 56.1 Å². The van der Waals surface area contributed by atoms with Crippen molar-refractivity contribution in [2.45, 2.75) is 0 Å². The largest absolute Gasteiger partial charge is 0.338 e. The number of hydrazine groups is 1. The molecule has 0 saturated carbocycles. The second-order valence-electron chi connectivity index (χ2n) is 3.27. The standard InChI is InChI=1S/C11H10Br2N4/c12-7-3-1-4-8(13)11(7)16-9-5-2-6-10(15-9)17-14/h1-6H,14H2,(H2,15,16,17). The van der Waals surface area contributed by atoms with Crippen LogP contribution in [0, 0.1) is 0 Å². The molecule has 88 valence electrons. The minimum atomic E-state index is 0.609. The third-order valence-corrected chi connectivity index (χ3v) is 3.43. The van der Waals surface area contributed by atoms with Crippen LogP contribution in [-0.4, -0.2) is 4.98 Å². The lowest BCUT2D eigenvalue weighted by Crippen LogP contribution is -2.09. The van der Waals surface area contributed by atoms with Crippen molar-refractivity contribution < 1.29 is 0 Å². The number of halogens is 2. The van der Waals surface area contributed by atoms with Crippen LogP contribution < -0.4 is 16.6 Å². The van der Waals surface area contributed by atoms with Crippen LogP contribution in [0.15, 0.2) is 45.3 Å². The number of benzene rings is 1. The van der Waals surface area contributed by atoms with Gasteiger partial charge in [0.05, 0.1) is 5.69 Å². The number of nitrogens with one attached hydrogen (secondary N) is 2. The second kappa shape index (κ2) is 5.48. The van der Waals surface area contributed by atoms with Crippen LogP contribution in [0.25, 0.3) is 0 Å². The Labute approximate surface area is 116 Å². The summed E-state index contributed by atoms with van der Waals surface area (Å²) in [7, 11) is 0. The van der Waals surface area contributed by atoms with Crippen molar-refractivity contribution >= 4 is 49.2 Å². The average molecular weight is 358 g/mol. The van der Waals surface area contributed by atoms with E-state index in [1.165, 1.54) is 0 Å². The summed E-state index contributed by atoms with van der Waals surface area (Å²) in [5, 5.41) is 3.21. The van der Waals surface area contributed by atoms with Crippen LogP contribution >= 0.6 is 31.9 Å². The predicted octanol–water partition coefficient (Wildman–Crippen LogP) is 3.64. The summed E-state index contributed by atoms with van der Waals surface area (Å²) in [4.78, 5) is 4.28. The maximum atomic E-state index is 5.31. The lowest BCUT2D eigenvalue weighted by Gasteiger charge is -2.10. The van der Waals surface area contributed by atoms with E-state index in [4.69, 9.17) is 5.84 Å². The number of aromatic nitrogens is 1. The van der Waals surface area contributed by atoms with Crippen molar-refractivity contribution in [3.05, 3.63) is 45.3 Å². The van der Waals surface area contributed by atoms with Gasteiger partial charge in [-0.15, -0.1) is 0 Å². The van der Waals surface area contributed by atoms with Gasteiger partial charge in [-0.2, -0.15) is 0 Å². The third kappa shape index (κ3) is 2.96. The number of nitrogen functional groups attached to an aromatic ring is 1. The number of pyridine rings is 1. The van der Waals surface area contributed by atoms with E-state index < -0.39 is 0 Å². The number of nitrogens with two attached hydrogens (primary N) is 1. The quantitative estimate of drug-likeness (QED) is 0.579. The van der Waals surface area contributed by atoms with E-state index >= 15 is 0 Å². The first kappa shape index (κ1) is 12.3. The van der Waals surface area contributed by atoms with Gasteiger partial charge >= 0.3 is 0 Å². The van der Waals surface area contributed by atoms with Gasteiger partial charge in [0.1, 0.15) is 11.6 Å². The third-order valence-electron chi connectivity index (χ3n) is 2.11. The van der Waals surface area contributed by atoms with Crippen LogP contribution in [0.5, 0.6) is 0 Å². The summed E-state index contributed by atoms with van der Waals surface area (Å²) in [6.45, 7) is 0. The monoisotopic (exact) mass is 356 g/mol. The van der Waals surface area contributed by atoms with Gasteiger partial charge < -0.3 is 10.7 Å². The molecule has 0 fully saturated rings. The SMILES string of the molecule is NNc1cccc(Nc2c(Br)cccc2Br)n1. The number of hydrogen-bond donors (Lipinski definition) is 3. The molecule has 0 amide bonds. The molecular formula is C11H10Br2N4. The van der Waals surface area contributed by atoms with Gasteiger partial charge in [-0.3, -0.25) is 0 Å². The molecule has 0 unspecified atom stereocenters. The molecule has 0 saturated heterocycles. The van der Waals surface area contributed by atoms with Gasteiger partial charge in [0.2, 0.25) is 0 Å². The van der Waals surface area contributed by atoms with E-state index in [1.807, 2.05) is 30.3 Å². The smallest absolute Gasteiger partial charge is 0.142 e. The molecule has 17 heavy (non-hydrogen) atoms. The molecule has 2 aromatic rings.